The number of hydrogen-bond acceptors (Lipinski definition) is 4. The number of carbonyl (C=O) groups is 1. The van der Waals surface area contributed by atoms with Gasteiger partial charge in [-0.2, -0.15) is 0 Å². The minimum Gasteiger partial charge on any atom is -0.378 e. The second-order valence-electron chi connectivity index (χ2n) is 6.53. The summed E-state index contributed by atoms with van der Waals surface area (Å²) in [4.78, 5) is 14.1. The van der Waals surface area contributed by atoms with Crippen molar-refractivity contribution in [3.63, 3.8) is 0 Å². The van der Waals surface area contributed by atoms with E-state index < -0.39 is 9.84 Å². The van der Waals surface area contributed by atoms with Crippen molar-refractivity contribution in [2.75, 3.05) is 16.5 Å². The van der Waals surface area contributed by atoms with E-state index in [1.165, 1.54) is 13.2 Å². The van der Waals surface area contributed by atoms with E-state index >= 15 is 0 Å². The van der Waals surface area contributed by atoms with Crippen LogP contribution in [0.4, 0.5) is 11.4 Å². The number of anilines is 2. The molecule has 1 N–H and O–H groups in total. The number of rotatable bonds is 3. The van der Waals surface area contributed by atoms with Gasteiger partial charge >= 0.3 is 0 Å². The molecule has 132 valence electrons. The monoisotopic (exact) mass is 358 g/mol. The van der Waals surface area contributed by atoms with Crippen LogP contribution in [-0.4, -0.2) is 26.6 Å². The number of amides is 1. The van der Waals surface area contributed by atoms with Gasteiger partial charge in [-0.1, -0.05) is 18.2 Å². The molecule has 1 heterocycles. The number of para-hydroxylation sites is 1. The molecule has 0 saturated heterocycles. The van der Waals surface area contributed by atoms with E-state index in [0.29, 0.717) is 6.42 Å². The minimum atomic E-state index is -3.32. The van der Waals surface area contributed by atoms with Crippen LogP contribution >= 0.6 is 0 Å². The largest absolute Gasteiger partial charge is 0.378 e. The maximum Gasteiger partial charge on any atom is 0.224 e. The lowest BCUT2D eigenvalue weighted by Crippen LogP contribution is -2.43. The highest BCUT2D eigenvalue weighted by molar-refractivity contribution is 7.90. The maximum atomic E-state index is 12.1. The Morgan fingerprint density at radius 3 is 2.44 bits per heavy atom. The summed E-state index contributed by atoms with van der Waals surface area (Å²) in [5, 5.41) is 3.47. The molecule has 2 aromatic rings. The third-order valence-electron chi connectivity index (χ3n) is 4.53. The third kappa shape index (κ3) is 3.54. The highest BCUT2D eigenvalue weighted by atomic mass is 32.2. The Kier molecular flexibility index (Phi) is 4.56. The predicted octanol–water partition coefficient (Wildman–Crippen LogP) is 3.39. The van der Waals surface area contributed by atoms with E-state index in [1.807, 2.05) is 37.3 Å². The summed E-state index contributed by atoms with van der Waals surface area (Å²) < 4.78 is 23.9. The molecule has 1 aliphatic heterocycles. The number of nitrogens with one attached hydrogen (secondary N) is 1. The molecule has 0 fully saturated rings. The molecule has 1 aliphatic rings. The quantitative estimate of drug-likeness (QED) is 0.913. The van der Waals surface area contributed by atoms with Crippen molar-refractivity contribution >= 4 is 27.1 Å². The normalized spacial score (nSPS) is 20.0. The fourth-order valence-corrected chi connectivity index (χ4v) is 4.08. The molecule has 2 unspecified atom stereocenters. The lowest BCUT2D eigenvalue weighted by molar-refractivity contribution is -0.117. The van der Waals surface area contributed by atoms with Crippen LogP contribution in [0.1, 0.15) is 31.9 Å². The van der Waals surface area contributed by atoms with E-state index in [9.17, 15) is 13.2 Å². The Balaban J connectivity index is 2.09. The Morgan fingerprint density at radius 2 is 1.84 bits per heavy atom. The molecule has 2 atom stereocenters. The van der Waals surface area contributed by atoms with Gasteiger partial charge in [-0.25, -0.2) is 8.42 Å². The summed E-state index contributed by atoms with van der Waals surface area (Å²) >= 11 is 0. The molecule has 0 aromatic heterocycles. The average Bonchev–Trinajstić information content (AvgIpc) is 2.54. The molecule has 5 nitrogen and oxygen atoms in total. The van der Waals surface area contributed by atoms with Gasteiger partial charge in [-0.3, -0.25) is 4.79 Å². The van der Waals surface area contributed by atoms with Crippen molar-refractivity contribution in [1.82, 2.24) is 0 Å². The molecule has 0 spiro atoms. The summed E-state index contributed by atoms with van der Waals surface area (Å²) in [5.74, 6) is -0.0426. The van der Waals surface area contributed by atoms with E-state index in [4.69, 9.17) is 0 Å². The molecule has 1 amide bonds. The van der Waals surface area contributed by atoms with Crippen molar-refractivity contribution in [2.45, 2.75) is 37.2 Å². The number of sulfone groups is 1. The fraction of sp³-hybridized carbons (Fsp3) is 0.316. The zero-order chi connectivity index (χ0) is 18.2. The van der Waals surface area contributed by atoms with Gasteiger partial charge in [-0.15, -0.1) is 0 Å². The summed E-state index contributed by atoms with van der Waals surface area (Å²) in [6.45, 7) is 3.55. The van der Waals surface area contributed by atoms with Gasteiger partial charge in [-0.05, 0) is 49.2 Å². The fourth-order valence-electron chi connectivity index (χ4n) is 3.42. The van der Waals surface area contributed by atoms with E-state index in [2.05, 4.69) is 5.32 Å². The second kappa shape index (κ2) is 6.52. The standard InChI is InChI=1S/C19H22N2O3S/c1-13-11-18(20-15-7-5-4-6-8-15)17-12-16(25(3,23)24)9-10-19(17)21(13)14(2)22/h4-10,12-13,18,20H,11H2,1-3H3. The highest BCUT2D eigenvalue weighted by Gasteiger charge is 2.33. The summed E-state index contributed by atoms with van der Waals surface area (Å²) in [6, 6.07) is 14.7. The number of fused-ring (bicyclic) bond motifs is 1. The predicted molar refractivity (Wildman–Crippen MR) is 99.6 cm³/mol. The van der Waals surface area contributed by atoms with Crippen LogP contribution in [0.2, 0.25) is 0 Å². The van der Waals surface area contributed by atoms with Crippen LogP contribution in [-0.2, 0) is 14.6 Å². The molecule has 0 saturated carbocycles. The summed E-state index contributed by atoms with van der Waals surface area (Å²) in [5.41, 5.74) is 2.57. The number of nitrogens with zero attached hydrogens (tertiary/aromatic N) is 1. The summed E-state index contributed by atoms with van der Waals surface area (Å²) in [6.07, 6.45) is 1.90. The van der Waals surface area contributed by atoms with E-state index in [-0.39, 0.29) is 22.9 Å². The molecular formula is C19H22N2O3S. The van der Waals surface area contributed by atoms with Crippen molar-refractivity contribution in [1.29, 1.82) is 0 Å². The average molecular weight is 358 g/mol. The Labute approximate surface area is 148 Å². The minimum absolute atomic E-state index is 0.0234. The zero-order valence-electron chi connectivity index (χ0n) is 14.6. The van der Waals surface area contributed by atoms with Gasteiger partial charge < -0.3 is 10.2 Å². The molecular weight excluding hydrogens is 336 g/mol. The van der Waals surface area contributed by atoms with Gasteiger partial charge in [0.05, 0.1) is 10.9 Å². The van der Waals surface area contributed by atoms with Crippen molar-refractivity contribution in [2.24, 2.45) is 0 Å². The Bertz CT molecular complexity index is 894. The first kappa shape index (κ1) is 17.5. The van der Waals surface area contributed by atoms with E-state index in [0.717, 1.165) is 16.9 Å². The molecule has 0 bridgehead atoms. The number of benzene rings is 2. The van der Waals surface area contributed by atoms with Crippen LogP contribution in [0.15, 0.2) is 53.4 Å². The maximum absolute atomic E-state index is 12.1. The Morgan fingerprint density at radius 1 is 1.16 bits per heavy atom. The molecule has 25 heavy (non-hydrogen) atoms. The summed E-state index contributed by atoms with van der Waals surface area (Å²) in [7, 11) is -3.32. The smallest absolute Gasteiger partial charge is 0.224 e. The number of hydrogen-bond donors (Lipinski definition) is 1. The molecule has 0 aliphatic carbocycles. The first-order chi connectivity index (χ1) is 11.8. The van der Waals surface area contributed by atoms with Crippen LogP contribution in [0.5, 0.6) is 0 Å². The number of carbonyl (C=O) groups excluding carboxylic acids is 1. The van der Waals surface area contributed by atoms with Gasteiger partial charge in [0.1, 0.15) is 0 Å². The van der Waals surface area contributed by atoms with E-state index in [1.54, 1.807) is 23.1 Å². The molecule has 3 rings (SSSR count). The Hall–Kier alpha value is -2.34. The third-order valence-corrected chi connectivity index (χ3v) is 5.64. The SMILES string of the molecule is CC(=O)N1c2ccc(S(C)(=O)=O)cc2C(Nc2ccccc2)CC1C. The molecule has 0 radical (unpaired) electrons. The van der Waals surface area contributed by atoms with Crippen LogP contribution in [0.25, 0.3) is 0 Å². The first-order valence-corrected chi connectivity index (χ1v) is 10.1. The molecule has 2 aromatic carbocycles. The van der Waals surface area contributed by atoms with Crippen LogP contribution in [0.3, 0.4) is 0 Å². The first-order valence-electron chi connectivity index (χ1n) is 8.23. The highest BCUT2D eigenvalue weighted by Crippen LogP contribution is 2.40. The van der Waals surface area contributed by atoms with Crippen LogP contribution < -0.4 is 10.2 Å². The van der Waals surface area contributed by atoms with Crippen molar-refractivity contribution < 1.29 is 13.2 Å². The van der Waals surface area contributed by atoms with Gasteiger partial charge in [0.2, 0.25) is 5.91 Å². The van der Waals surface area contributed by atoms with Crippen molar-refractivity contribution in [3.05, 3.63) is 54.1 Å². The topological polar surface area (TPSA) is 66.5 Å². The second-order valence-corrected chi connectivity index (χ2v) is 8.55. The van der Waals surface area contributed by atoms with Crippen molar-refractivity contribution in [3.8, 4) is 0 Å². The van der Waals surface area contributed by atoms with Crippen LogP contribution in [0, 0.1) is 0 Å². The van der Waals surface area contributed by atoms with Gasteiger partial charge in [0.15, 0.2) is 9.84 Å². The lowest BCUT2D eigenvalue weighted by Gasteiger charge is -2.39. The molecule has 6 heteroatoms. The van der Waals surface area contributed by atoms with Gasteiger partial charge in [0, 0.05) is 30.6 Å². The lowest BCUT2D eigenvalue weighted by atomic mass is 9.91. The van der Waals surface area contributed by atoms with Gasteiger partial charge in [0.25, 0.3) is 0 Å². The zero-order valence-corrected chi connectivity index (χ0v) is 15.4.